The largest absolute Gasteiger partial charge is 0.347 e. The molecule has 78 valence electrons. The quantitative estimate of drug-likeness (QED) is 0.624. The Bertz CT molecular complexity index is 125. The maximum Gasteiger partial charge on any atom is 0.170 e. The Hall–Kier alpha value is -0.120. The number of hydrogen-bond donors (Lipinski definition) is 1. The third-order valence-electron chi connectivity index (χ3n) is 2.18. The maximum atomic E-state index is 5.52. The summed E-state index contributed by atoms with van der Waals surface area (Å²) < 4.78 is 11.0. The highest BCUT2D eigenvalue weighted by Gasteiger charge is 2.37. The van der Waals surface area contributed by atoms with Gasteiger partial charge in [0.05, 0.1) is 13.2 Å². The fourth-order valence-electron chi connectivity index (χ4n) is 1.59. The first kappa shape index (κ1) is 11.0. The van der Waals surface area contributed by atoms with Crippen LogP contribution in [-0.2, 0) is 9.47 Å². The summed E-state index contributed by atoms with van der Waals surface area (Å²) in [6.45, 7) is 7.86. The highest BCUT2D eigenvalue weighted by atomic mass is 16.7. The van der Waals surface area contributed by atoms with E-state index in [9.17, 15) is 0 Å². The summed E-state index contributed by atoms with van der Waals surface area (Å²) in [7, 11) is 0. The molecule has 13 heavy (non-hydrogen) atoms. The summed E-state index contributed by atoms with van der Waals surface area (Å²) in [5.41, 5.74) is 0. The molecule has 0 aromatic rings. The zero-order valence-electron chi connectivity index (χ0n) is 8.77. The molecule has 1 spiro atoms. The molecular formula is C10H21NO2. The highest BCUT2D eigenvalue weighted by Crippen LogP contribution is 2.28. The summed E-state index contributed by atoms with van der Waals surface area (Å²) in [6, 6.07) is 0. The van der Waals surface area contributed by atoms with Gasteiger partial charge in [-0.2, -0.15) is 0 Å². The second-order valence-corrected chi connectivity index (χ2v) is 3.56. The van der Waals surface area contributed by atoms with Gasteiger partial charge in [0, 0.05) is 25.9 Å². The molecule has 0 radical (unpaired) electrons. The lowest BCUT2D eigenvalue weighted by Crippen LogP contribution is -2.42. The van der Waals surface area contributed by atoms with Crippen LogP contribution in [-0.4, -0.2) is 32.1 Å². The number of nitrogens with one attached hydrogen (secondary N) is 1. The van der Waals surface area contributed by atoms with Crippen molar-refractivity contribution in [2.24, 2.45) is 0 Å². The number of rotatable bonds is 0. The van der Waals surface area contributed by atoms with E-state index in [0.717, 1.165) is 39.1 Å². The molecule has 0 unspecified atom stereocenters. The monoisotopic (exact) mass is 187 g/mol. The van der Waals surface area contributed by atoms with E-state index in [1.807, 2.05) is 0 Å². The predicted molar refractivity (Wildman–Crippen MR) is 52.7 cm³/mol. The zero-order chi connectivity index (χ0) is 9.57. The smallest absolute Gasteiger partial charge is 0.170 e. The van der Waals surface area contributed by atoms with Gasteiger partial charge in [-0.15, -0.1) is 0 Å². The highest BCUT2D eigenvalue weighted by molar-refractivity contribution is 4.80. The summed E-state index contributed by atoms with van der Waals surface area (Å²) in [4.78, 5) is 0. The van der Waals surface area contributed by atoms with Gasteiger partial charge in [0.2, 0.25) is 0 Å². The van der Waals surface area contributed by atoms with Gasteiger partial charge in [0.25, 0.3) is 0 Å². The van der Waals surface area contributed by atoms with Crippen LogP contribution in [0, 0.1) is 0 Å². The number of piperidine rings is 1. The summed E-state index contributed by atoms with van der Waals surface area (Å²) in [5, 5.41) is 3.28. The SMILES string of the molecule is C1CC2(CCN1)OCCO2.CCC. The van der Waals surface area contributed by atoms with Crippen molar-refractivity contribution in [3.8, 4) is 0 Å². The van der Waals surface area contributed by atoms with Crippen molar-refractivity contribution < 1.29 is 9.47 Å². The standard InChI is InChI=1S/C7H13NO2.C3H8/c1-3-8-4-2-7(1)9-5-6-10-7;1-3-2/h8H,1-6H2;3H2,1-2H3. The molecule has 1 N–H and O–H groups in total. The fraction of sp³-hybridized carbons (Fsp3) is 1.00. The van der Waals surface area contributed by atoms with Crippen LogP contribution in [0.4, 0.5) is 0 Å². The molecule has 2 heterocycles. The van der Waals surface area contributed by atoms with Gasteiger partial charge in [0.1, 0.15) is 0 Å². The minimum atomic E-state index is -0.189. The molecule has 0 amide bonds. The molecular weight excluding hydrogens is 166 g/mol. The van der Waals surface area contributed by atoms with E-state index >= 15 is 0 Å². The van der Waals surface area contributed by atoms with Crippen molar-refractivity contribution in [2.45, 2.75) is 38.9 Å². The van der Waals surface area contributed by atoms with Gasteiger partial charge in [-0.05, 0) is 0 Å². The average Bonchev–Trinajstić information content (AvgIpc) is 2.56. The summed E-state index contributed by atoms with van der Waals surface area (Å²) >= 11 is 0. The normalized spacial score (nSPS) is 25.4. The minimum Gasteiger partial charge on any atom is -0.347 e. The third-order valence-corrected chi connectivity index (χ3v) is 2.18. The Morgan fingerprint density at radius 3 is 2.00 bits per heavy atom. The van der Waals surface area contributed by atoms with Crippen LogP contribution in [0.2, 0.25) is 0 Å². The molecule has 2 rings (SSSR count). The van der Waals surface area contributed by atoms with Gasteiger partial charge in [-0.1, -0.05) is 20.3 Å². The van der Waals surface area contributed by atoms with Gasteiger partial charge >= 0.3 is 0 Å². The van der Waals surface area contributed by atoms with Crippen molar-refractivity contribution in [1.82, 2.24) is 5.32 Å². The van der Waals surface area contributed by atoms with E-state index in [1.54, 1.807) is 0 Å². The van der Waals surface area contributed by atoms with E-state index in [1.165, 1.54) is 6.42 Å². The summed E-state index contributed by atoms with van der Waals surface area (Å²) in [5.74, 6) is -0.189. The Labute approximate surface area is 80.8 Å². The van der Waals surface area contributed by atoms with Crippen LogP contribution in [0.1, 0.15) is 33.1 Å². The van der Waals surface area contributed by atoms with E-state index in [0.29, 0.717) is 0 Å². The van der Waals surface area contributed by atoms with Crippen LogP contribution in [0.15, 0.2) is 0 Å². The lowest BCUT2D eigenvalue weighted by atomic mass is 10.1. The predicted octanol–water partition coefficient (Wildman–Crippen LogP) is 1.53. The molecule has 2 aliphatic heterocycles. The Kier molecular flexibility index (Phi) is 4.70. The van der Waals surface area contributed by atoms with Crippen molar-refractivity contribution in [3.05, 3.63) is 0 Å². The van der Waals surface area contributed by atoms with Crippen LogP contribution in [0.5, 0.6) is 0 Å². The van der Waals surface area contributed by atoms with Crippen molar-refractivity contribution in [3.63, 3.8) is 0 Å². The molecule has 0 aromatic heterocycles. The molecule has 3 nitrogen and oxygen atoms in total. The van der Waals surface area contributed by atoms with Crippen LogP contribution in [0.25, 0.3) is 0 Å². The first-order valence-corrected chi connectivity index (χ1v) is 5.31. The van der Waals surface area contributed by atoms with Crippen molar-refractivity contribution in [1.29, 1.82) is 0 Å². The second-order valence-electron chi connectivity index (χ2n) is 3.56. The van der Waals surface area contributed by atoms with Crippen LogP contribution < -0.4 is 5.32 Å². The van der Waals surface area contributed by atoms with Crippen LogP contribution >= 0.6 is 0 Å². The second kappa shape index (κ2) is 5.58. The number of ether oxygens (including phenoxy) is 2. The van der Waals surface area contributed by atoms with E-state index in [4.69, 9.17) is 9.47 Å². The Balaban J connectivity index is 0.000000251. The molecule has 0 saturated carbocycles. The average molecular weight is 187 g/mol. The molecule has 0 aromatic carbocycles. The van der Waals surface area contributed by atoms with Gasteiger partial charge in [-0.3, -0.25) is 0 Å². The van der Waals surface area contributed by atoms with E-state index < -0.39 is 0 Å². The Morgan fingerprint density at radius 1 is 1.08 bits per heavy atom. The lowest BCUT2D eigenvalue weighted by molar-refractivity contribution is -0.172. The molecule has 2 saturated heterocycles. The van der Waals surface area contributed by atoms with Gasteiger partial charge in [0.15, 0.2) is 5.79 Å². The third kappa shape index (κ3) is 3.25. The molecule has 0 atom stereocenters. The van der Waals surface area contributed by atoms with Crippen molar-refractivity contribution in [2.75, 3.05) is 26.3 Å². The van der Waals surface area contributed by atoms with Gasteiger partial charge < -0.3 is 14.8 Å². The molecule has 0 aliphatic carbocycles. The topological polar surface area (TPSA) is 30.5 Å². The van der Waals surface area contributed by atoms with E-state index in [-0.39, 0.29) is 5.79 Å². The lowest BCUT2D eigenvalue weighted by Gasteiger charge is -2.31. The Morgan fingerprint density at radius 2 is 1.54 bits per heavy atom. The van der Waals surface area contributed by atoms with Crippen molar-refractivity contribution >= 4 is 0 Å². The molecule has 3 heteroatoms. The zero-order valence-corrected chi connectivity index (χ0v) is 8.77. The first-order valence-electron chi connectivity index (χ1n) is 5.31. The van der Waals surface area contributed by atoms with E-state index in [2.05, 4.69) is 19.2 Å². The van der Waals surface area contributed by atoms with Gasteiger partial charge in [-0.25, -0.2) is 0 Å². The minimum absolute atomic E-state index is 0.189. The first-order chi connectivity index (χ1) is 6.33. The number of hydrogen-bond acceptors (Lipinski definition) is 3. The fourth-order valence-corrected chi connectivity index (χ4v) is 1.59. The molecule has 2 fully saturated rings. The maximum absolute atomic E-state index is 5.52. The molecule has 0 bridgehead atoms. The van der Waals surface area contributed by atoms with Crippen LogP contribution in [0.3, 0.4) is 0 Å². The summed E-state index contributed by atoms with van der Waals surface area (Å²) in [6.07, 6.45) is 3.26. The molecule has 2 aliphatic rings.